The fourth-order valence-electron chi connectivity index (χ4n) is 4.44. The molecule has 0 N–H and O–H groups in total. The average molecular weight is 611 g/mol. The molecule has 0 amide bonds. The number of benzene rings is 1. The molecule has 8 heteroatoms. The molecule has 250 valence electrons. The molecule has 8 nitrogen and oxygen atoms in total. The van der Waals surface area contributed by atoms with E-state index in [0.717, 1.165) is 18.4 Å². The molecule has 0 radical (unpaired) electrons. The van der Waals surface area contributed by atoms with E-state index < -0.39 is 0 Å². The summed E-state index contributed by atoms with van der Waals surface area (Å²) >= 11 is 0. The van der Waals surface area contributed by atoms with Crippen molar-refractivity contribution < 1.29 is 38.0 Å². The first-order chi connectivity index (χ1) is 21.3. The molecule has 0 heterocycles. The zero-order chi connectivity index (χ0) is 30.7. The van der Waals surface area contributed by atoms with E-state index in [0.29, 0.717) is 92.3 Å². The number of rotatable bonds is 34. The lowest BCUT2D eigenvalue weighted by Crippen LogP contribution is -2.15. The van der Waals surface area contributed by atoms with Crippen LogP contribution in [0.1, 0.15) is 102 Å². The smallest absolute Gasteiger partial charge is 0.305 e. The molecule has 0 fully saturated rings. The Morgan fingerprint density at radius 1 is 0.465 bits per heavy atom. The molecule has 1 rings (SSSR count). The summed E-state index contributed by atoms with van der Waals surface area (Å²) in [6.07, 6.45) is 17.4. The van der Waals surface area contributed by atoms with Gasteiger partial charge in [-0.05, 0) is 12.0 Å². The number of hydrogen-bond donors (Lipinski definition) is 0. The lowest BCUT2D eigenvalue weighted by atomic mass is 10.0. The van der Waals surface area contributed by atoms with Crippen LogP contribution in [0.4, 0.5) is 0 Å². The van der Waals surface area contributed by atoms with Gasteiger partial charge in [-0.2, -0.15) is 0 Å². The van der Waals surface area contributed by atoms with Gasteiger partial charge in [0.25, 0.3) is 0 Å². The van der Waals surface area contributed by atoms with Crippen LogP contribution in [-0.4, -0.2) is 85.3 Å². The molecule has 0 spiro atoms. The lowest BCUT2D eigenvalue weighted by molar-refractivity contribution is -0.145. The van der Waals surface area contributed by atoms with Crippen molar-refractivity contribution in [1.82, 2.24) is 0 Å². The Labute approximate surface area is 262 Å². The van der Waals surface area contributed by atoms with E-state index in [9.17, 15) is 4.79 Å². The molecule has 0 atom stereocenters. The predicted molar refractivity (Wildman–Crippen MR) is 171 cm³/mol. The Hall–Kier alpha value is -1.55. The first kappa shape index (κ1) is 39.5. The van der Waals surface area contributed by atoms with Crippen LogP contribution in [-0.2, 0) is 44.6 Å². The van der Waals surface area contributed by atoms with Gasteiger partial charge < -0.3 is 33.2 Å². The highest BCUT2D eigenvalue weighted by Gasteiger charge is 2.03. The molecule has 0 aliphatic rings. The van der Waals surface area contributed by atoms with Gasteiger partial charge in [-0.15, -0.1) is 0 Å². The Morgan fingerprint density at radius 3 is 1.28 bits per heavy atom. The third-order valence-electron chi connectivity index (χ3n) is 6.95. The van der Waals surface area contributed by atoms with Gasteiger partial charge in [0.2, 0.25) is 0 Å². The van der Waals surface area contributed by atoms with Crippen molar-refractivity contribution in [2.75, 3.05) is 79.3 Å². The number of ether oxygens (including phenoxy) is 7. The second-order valence-corrected chi connectivity index (χ2v) is 10.8. The first-order valence-corrected chi connectivity index (χ1v) is 17.0. The van der Waals surface area contributed by atoms with Gasteiger partial charge in [0, 0.05) is 6.42 Å². The van der Waals surface area contributed by atoms with Gasteiger partial charge in [0.05, 0.1) is 79.3 Å². The minimum atomic E-state index is -0.124. The van der Waals surface area contributed by atoms with Gasteiger partial charge in [-0.1, -0.05) is 114 Å². The van der Waals surface area contributed by atoms with E-state index in [-0.39, 0.29) is 5.97 Å². The highest BCUT2D eigenvalue weighted by Crippen LogP contribution is 2.13. The third-order valence-corrected chi connectivity index (χ3v) is 6.95. The highest BCUT2D eigenvalue weighted by molar-refractivity contribution is 5.69. The van der Waals surface area contributed by atoms with E-state index in [1.807, 2.05) is 30.3 Å². The molecular formula is C35H62O8. The molecule has 0 aromatic heterocycles. The second kappa shape index (κ2) is 33.3. The van der Waals surface area contributed by atoms with E-state index in [2.05, 4.69) is 6.92 Å². The van der Waals surface area contributed by atoms with Crippen LogP contribution in [0, 0.1) is 0 Å². The molecule has 0 unspecified atom stereocenters. The SMILES string of the molecule is CCCCCCCCCCCCCCCC(=O)OCCOCCOCCOCCOCCOCCOCc1ccccc1. The minimum Gasteiger partial charge on any atom is -0.463 e. The Bertz CT molecular complexity index is 688. The molecule has 0 aliphatic heterocycles. The van der Waals surface area contributed by atoms with Crippen molar-refractivity contribution in [3.05, 3.63) is 35.9 Å². The van der Waals surface area contributed by atoms with Crippen LogP contribution in [0.5, 0.6) is 0 Å². The molecule has 0 bridgehead atoms. The maximum Gasteiger partial charge on any atom is 0.305 e. The summed E-state index contributed by atoms with van der Waals surface area (Å²) in [6, 6.07) is 10.1. The van der Waals surface area contributed by atoms with Crippen LogP contribution in [0.2, 0.25) is 0 Å². The van der Waals surface area contributed by atoms with Crippen LogP contribution >= 0.6 is 0 Å². The van der Waals surface area contributed by atoms with Crippen molar-refractivity contribution in [3.8, 4) is 0 Å². The summed E-state index contributed by atoms with van der Waals surface area (Å²) in [6.45, 7) is 8.76. The Kier molecular flexibility index (Phi) is 30.6. The number of hydrogen-bond acceptors (Lipinski definition) is 8. The summed E-state index contributed by atoms with van der Waals surface area (Å²) in [5, 5.41) is 0. The zero-order valence-corrected chi connectivity index (χ0v) is 27.2. The summed E-state index contributed by atoms with van der Waals surface area (Å²) in [4.78, 5) is 11.8. The quantitative estimate of drug-likeness (QED) is 0.0594. The largest absolute Gasteiger partial charge is 0.463 e. The van der Waals surface area contributed by atoms with Crippen LogP contribution < -0.4 is 0 Å². The predicted octanol–water partition coefficient (Wildman–Crippen LogP) is 7.31. The Balaban J connectivity index is 1.67. The fourth-order valence-corrected chi connectivity index (χ4v) is 4.44. The first-order valence-electron chi connectivity index (χ1n) is 17.0. The zero-order valence-electron chi connectivity index (χ0n) is 27.2. The average Bonchev–Trinajstić information content (AvgIpc) is 3.02. The van der Waals surface area contributed by atoms with Crippen molar-refractivity contribution in [1.29, 1.82) is 0 Å². The minimum absolute atomic E-state index is 0.124. The van der Waals surface area contributed by atoms with Gasteiger partial charge in [-0.3, -0.25) is 4.79 Å². The number of unbranched alkanes of at least 4 members (excludes halogenated alkanes) is 12. The molecule has 1 aromatic rings. The second-order valence-electron chi connectivity index (χ2n) is 10.8. The van der Waals surface area contributed by atoms with Gasteiger partial charge >= 0.3 is 5.97 Å². The normalized spacial score (nSPS) is 11.3. The van der Waals surface area contributed by atoms with Crippen molar-refractivity contribution in [2.24, 2.45) is 0 Å². The highest BCUT2D eigenvalue weighted by atomic mass is 16.6. The maximum absolute atomic E-state index is 11.8. The van der Waals surface area contributed by atoms with Crippen LogP contribution in [0.3, 0.4) is 0 Å². The Morgan fingerprint density at radius 2 is 0.837 bits per heavy atom. The molecule has 0 saturated carbocycles. The number of esters is 1. The molecule has 0 saturated heterocycles. The summed E-state index contributed by atoms with van der Waals surface area (Å²) < 4.78 is 38.2. The fraction of sp³-hybridized carbons (Fsp3) is 0.800. The van der Waals surface area contributed by atoms with Crippen molar-refractivity contribution in [2.45, 2.75) is 103 Å². The molecule has 1 aromatic carbocycles. The summed E-state index contributed by atoms with van der Waals surface area (Å²) in [5.41, 5.74) is 1.16. The van der Waals surface area contributed by atoms with Crippen molar-refractivity contribution in [3.63, 3.8) is 0 Å². The molecule has 0 aliphatic carbocycles. The molecular weight excluding hydrogens is 548 g/mol. The maximum atomic E-state index is 11.8. The van der Waals surface area contributed by atoms with E-state index in [1.165, 1.54) is 70.6 Å². The standard InChI is InChI=1S/C35H62O8/c1-2-3-4-5-6-7-8-9-10-11-12-13-17-20-35(36)43-32-31-41-28-27-39-24-23-37-21-22-38-25-26-40-29-30-42-33-34-18-15-14-16-19-34/h14-16,18-19H,2-13,17,20-33H2,1H3. The van der Waals surface area contributed by atoms with Gasteiger partial charge in [0.15, 0.2) is 0 Å². The lowest BCUT2D eigenvalue weighted by Gasteiger charge is -2.08. The van der Waals surface area contributed by atoms with E-state index >= 15 is 0 Å². The van der Waals surface area contributed by atoms with Crippen molar-refractivity contribution >= 4 is 5.97 Å². The van der Waals surface area contributed by atoms with Gasteiger partial charge in [-0.25, -0.2) is 0 Å². The van der Waals surface area contributed by atoms with E-state index in [4.69, 9.17) is 33.2 Å². The topological polar surface area (TPSA) is 81.7 Å². The summed E-state index contributed by atoms with van der Waals surface area (Å²) in [7, 11) is 0. The summed E-state index contributed by atoms with van der Waals surface area (Å²) in [5.74, 6) is -0.124. The molecule has 43 heavy (non-hydrogen) atoms. The van der Waals surface area contributed by atoms with Crippen LogP contribution in [0.25, 0.3) is 0 Å². The van der Waals surface area contributed by atoms with E-state index in [1.54, 1.807) is 0 Å². The third kappa shape index (κ3) is 30.3. The monoisotopic (exact) mass is 610 g/mol. The number of carbonyl (C=O) groups is 1. The number of carbonyl (C=O) groups excluding carboxylic acids is 1. The van der Waals surface area contributed by atoms with Crippen LogP contribution in [0.15, 0.2) is 30.3 Å². The van der Waals surface area contributed by atoms with Gasteiger partial charge in [0.1, 0.15) is 6.61 Å².